The maximum absolute atomic E-state index is 13.3. The largest absolute Gasteiger partial charge is 0.378 e. The van der Waals surface area contributed by atoms with Crippen molar-refractivity contribution in [1.29, 1.82) is 0 Å². The number of hydrogen-bond donors (Lipinski definition) is 2. The third kappa shape index (κ3) is 1.91. The van der Waals surface area contributed by atoms with Gasteiger partial charge in [-0.15, -0.1) is 0 Å². The fourth-order valence-corrected chi connectivity index (χ4v) is 3.47. The zero-order chi connectivity index (χ0) is 12.0. The summed E-state index contributed by atoms with van der Waals surface area (Å²) in [6.07, 6.45) is 3.57. The summed E-state index contributed by atoms with van der Waals surface area (Å²) in [5, 5.41) is 3.85. The molecule has 2 aliphatic rings. The molecule has 0 amide bonds. The van der Waals surface area contributed by atoms with Gasteiger partial charge in [0, 0.05) is 17.3 Å². The summed E-state index contributed by atoms with van der Waals surface area (Å²) in [5.41, 5.74) is 6.62. The van der Waals surface area contributed by atoms with E-state index in [1.54, 1.807) is 6.07 Å². The van der Waals surface area contributed by atoms with Crippen molar-refractivity contribution in [3.8, 4) is 0 Å². The highest BCUT2D eigenvalue weighted by Crippen LogP contribution is 2.58. The average molecular weight is 255 g/mol. The Morgan fingerprint density at radius 2 is 2.29 bits per heavy atom. The van der Waals surface area contributed by atoms with Gasteiger partial charge in [-0.05, 0) is 49.3 Å². The third-order valence-corrected chi connectivity index (χ3v) is 4.43. The minimum absolute atomic E-state index is 0.0399. The lowest BCUT2D eigenvalue weighted by Crippen LogP contribution is -2.45. The van der Waals surface area contributed by atoms with E-state index in [0.29, 0.717) is 17.5 Å². The number of rotatable bonds is 3. The van der Waals surface area contributed by atoms with Gasteiger partial charge in [-0.2, -0.15) is 0 Å². The zero-order valence-corrected chi connectivity index (χ0v) is 10.3. The van der Waals surface area contributed by atoms with Gasteiger partial charge in [-0.1, -0.05) is 11.6 Å². The van der Waals surface area contributed by atoms with Gasteiger partial charge >= 0.3 is 0 Å². The highest BCUT2D eigenvalue weighted by molar-refractivity contribution is 6.30. The smallest absolute Gasteiger partial charge is 0.126 e. The second kappa shape index (κ2) is 3.85. The highest BCUT2D eigenvalue weighted by Gasteiger charge is 2.57. The molecule has 3 N–H and O–H groups in total. The summed E-state index contributed by atoms with van der Waals surface area (Å²) < 4.78 is 13.3. The van der Waals surface area contributed by atoms with E-state index < -0.39 is 0 Å². The van der Waals surface area contributed by atoms with E-state index in [4.69, 9.17) is 17.3 Å². The van der Waals surface area contributed by atoms with Crippen LogP contribution < -0.4 is 11.1 Å². The molecule has 0 saturated heterocycles. The Morgan fingerprint density at radius 1 is 1.47 bits per heavy atom. The first-order valence-corrected chi connectivity index (χ1v) is 6.45. The molecule has 1 aromatic rings. The quantitative estimate of drug-likeness (QED) is 0.870. The number of halogens is 2. The van der Waals surface area contributed by atoms with Gasteiger partial charge in [0.1, 0.15) is 5.82 Å². The third-order valence-electron chi connectivity index (χ3n) is 4.21. The van der Waals surface area contributed by atoms with Gasteiger partial charge in [-0.25, -0.2) is 4.39 Å². The highest BCUT2D eigenvalue weighted by atomic mass is 35.5. The van der Waals surface area contributed by atoms with Crippen LogP contribution in [0.25, 0.3) is 0 Å². The lowest BCUT2D eigenvalue weighted by molar-refractivity contribution is 0.433. The number of hydrogen-bond acceptors (Lipinski definition) is 2. The van der Waals surface area contributed by atoms with Gasteiger partial charge in [0.25, 0.3) is 0 Å². The predicted molar refractivity (Wildman–Crippen MR) is 67.6 cm³/mol. The molecule has 1 aromatic carbocycles. The van der Waals surface area contributed by atoms with Crippen molar-refractivity contribution in [2.75, 3.05) is 11.9 Å². The molecule has 17 heavy (non-hydrogen) atoms. The molecule has 0 heterocycles. The standard InChI is InChI=1S/C13H16ClFN2/c14-9-4-10(15)6-11(5-9)17-13(7-16)2-1-8-3-12(8)13/h4-6,8,12,17H,1-3,7,16H2. The van der Waals surface area contributed by atoms with Crippen LogP contribution in [-0.4, -0.2) is 12.1 Å². The van der Waals surface area contributed by atoms with Crippen molar-refractivity contribution in [2.24, 2.45) is 17.6 Å². The van der Waals surface area contributed by atoms with Crippen molar-refractivity contribution in [3.63, 3.8) is 0 Å². The first-order valence-electron chi connectivity index (χ1n) is 6.07. The van der Waals surface area contributed by atoms with Crippen molar-refractivity contribution >= 4 is 17.3 Å². The minimum atomic E-state index is -0.308. The minimum Gasteiger partial charge on any atom is -0.378 e. The second-order valence-electron chi connectivity index (χ2n) is 5.28. The monoisotopic (exact) mass is 254 g/mol. The number of anilines is 1. The molecule has 3 unspecified atom stereocenters. The molecule has 0 bridgehead atoms. The molecule has 0 spiro atoms. The van der Waals surface area contributed by atoms with Crippen LogP contribution in [0.3, 0.4) is 0 Å². The molecule has 0 radical (unpaired) electrons. The fourth-order valence-electron chi connectivity index (χ4n) is 3.24. The van der Waals surface area contributed by atoms with E-state index in [9.17, 15) is 4.39 Å². The molecule has 2 nitrogen and oxygen atoms in total. The van der Waals surface area contributed by atoms with E-state index in [1.807, 2.05) is 0 Å². The van der Waals surface area contributed by atoms with Crippen LogP contribution >= 0.6 is 11.6 Å². The molecule has 0 aliphatic heterocycles. The van der Waals surface area contributed by atoms with E-state index in [2.05, 4.69) is 5.32 Å². The van der Waals surface area contributed by atoms with Crippen LogP contribution in [0.1, 0.15) is 19.3 Å². The maximum Gasteiger partial charge on any atom is 0.126 e. The summed E-state index contributed by atoms with van der Waals surface area (Å²) in [4.78, 5) is 0. The Labute approximate surface area is 105 Å². The number of nitrogens with two attached hydrogens (primary N) is 1. The Kier molecular flexibility index (Phi) is 2.56. The molecule has 0 aromatic heterocycles. The molecule has 2 saturated carbocycles. The van der Waals surface area contributed by atoms with Crippen LogP contribution in [0.2, 0.25) is 5.02 Å². The van der Waals surface area contributed by atoms with Crippen LogP contribution in [0.4, 0.5) is 10.1 Å². The predicted octanol–water partition coefficient (Wildman–Crippen LogP) is 3.02. The Bertz CT molecular complexity index is 431. The SMILES string of the molecule is NCC1(Nc2cc(F)cc(Cl)c2)CCC2CC21. The lowest BCUT2D eigenvalue weighted by atomic mass is 9.92. The molecular weight excluding hydrogens is 239 g/mol. The summed E-state index contributed by atoms with van der Waals surface area (Å²) in [5.74, 6) is 1.18. The summed E-state index contributed by atoms with van der Waals surface area (Å²) >= 11 is 5.86. The van der Waals surface area contributed by atoms with Gasteiger partial charge in [0.2, 0.25) is 0 Å². The van der Waals surface area contributed by atoms with Crippen molar-refractivity contribution < 1.29 is 4.39 Å². The van der Waals surface area contributed by atoms with E-state index in [1.165, 1.54) is 25.0 Å². The Balaban J connectivity index is 1.85. The summed E-state index contributed by atoms with van der Waals surface area (Å²) in [6.45, 7) is 0.600. The van der Waals surface area contributed by atoms with Crippen LogP contribution in [-0.2, 0) is 0 Å². The maximum atomic E-state index is 13.3. The molecular formula is C13H16ClFN2. The van der Waals surface area contributed by atoms with Crippen LogP contribution in [0.5, 0.6) is 0 Å². The van der Waals surface area contributed by atoms with Crippen molar-refractivity contribution in [3.05, 3.63) is 29.0 Å². The van der Waals surface area contributed by atoms with Crippen LogP contribution in [0, 0.1) is 17.7 Å². The van der Waals surface area contributed by atoms with Crippen molar-refractivity contribution in [2.45, 2.75) is 24.8 Å². The summed E-state index contributed by atoms with van der Waals surface area (Å²) in [7, 11) is 0. The first kappa shape index (κ1) is 11.3. The molecule has 2 fully saturated rings. The molecule has 3 rings (SSSR count). The van der Waals surface area contributed by atoms with E-state index >= 15 is 0 Å². The van der Waals surface area contributed by atoms with Gasteiger partial charge < -0.3 is 11.1 Å². The van der Waals surface area contributed by atoms with Gasteiger partial charge in [-0.3, -0.25) is 0 Å². The number of fused-ring (bicyclic) bond motifs is 1. The lowest BCUT2D eigenvalue weighted by Gasteiger charge is -2.32. The van der Waals surface area contributed by atoms with Gasteiger partial charge in [0.15, 0.2) is 0 Å². The molecule has 2 aliphatic carbocycles. The van der Waals surface area contributed by atoms with E-state index in [0.717, 1.165) is 18.0 Å². The fraction of sp³-hybridized carbons (Fsp3) is 0.538. The first-order chi connectivity index (χ1) is 8.13. The Morgan fingerprint density at radius 3 is 2.82 bits per heavy atom. The number of benzene rings is 1. The Hall–Kier alpha value is -0.800. The molecule has 3 atom stereocenters. The molecule has 4 heteroatoms. The number of nitrogens with one attached hydrogen (secondary N) is 1. The summed E-state index contributed by atoms with van der Waals surface area (Å²) in [6, 6.07) is 4.56. The van der Waals surface area contributed by atoms with Gasteiger partial charge in [0.05, 0.1) is 5.54 Å². The molecule has 92 valence electrons. The zero-order valence-electron chi connectivity index (χ0n) is 9.55. The van der Waals surface area contributed by atoms with Crippen molar-refractivity contribution in [1.82, 2.24) is 0 Å². The second-order valence-corrected chi connectivity index (χ2v) is 5.72. The van der Waals surface area contributed by atoms with Crippen LogP contribution in [0.15, 0.2) is 18.2 Å². The average Bonchev–Trinajstić information content (AvgIpc) is 2.97. The normalized spacial score (nSPS) is 34.5. The van der Waals surface area contributed by atoms with E-state index in [-0.39, 0.29) is 11.4 Å². The topological polar surface area (TPSA) is 38.0 Å².